The van der Waals surface area contributed by atoms with Gasteiger partial charge in [0.05, 0.1) is 0 Å². The lowest BCUT2D eigenvalue weighted by Crippen LogP contribution is -2.00. The van der Waals surface area contributed by atoms with Crippen molar-refractivity contribution >= 4 is 53.4 Å². The number of fused-ring (bicyclic) bond motifs is 6. The molecule has 0 aliphatic heterocycles. The molecule has 0 atom stereocenters. The molecule has 0 N–H and O–H groups in total. The lowest BCUT2D eigenvalue weighted by molar-refractivity contribution is 0.669. The monoisotopic (exact) mass is 657 g/mol. The smallest absolute Gasteiger partial charge is 0.164 e. The second kappa shape index (κ2) is 11.6. The highest BCUT2D eigenvalue weighted by molar-refractivity contribution is 7.26. The molecule has 0 aliphatic carbocycles. The zero-order valence-corrected chi connectivity index (χ0v) is 27.6. The molecule has 50 heavy (non-hydrogen) atoms. The Labute approximate surface area is 292 Å². The summed E-state index contributed by atoms with van der Waals surface area (Å²) < 4.78 is 9.05. The molecule has 3 heterocycles. The molecule has 0 spiro atoms. The van der Waals surface area contributed by atoms with Crippen LogP contribution in [0.1, 0.15) is 0 Å². The van der Waals surface area contributed by atoms with Crippen molar-refractivity contribution in [2.75, 3.05) is 0 Å². The van der Waals surface area contributed by atoms with Crippen molar-refractivity contribution in [3.63, 3.8) is 0 Å². The zero-order chi connectivity index (χ0) is 33.0. The molecule has 7 aromatic carbocycles. The number of rotatable bonds is 5. The Morgan fingerprint density at radius 2 is 0.960 bits per heavy atom. The van der Waals surface area contributed by atoms with E-state index in [9.17, 15) is 0 Å². The predicted molar refractivity (Wildman–Crippen MR) is 207 cm³/mol. The van der Waals surface area contributed by atoms with Gasteiger partial charge >= 0.3 is 0 Å². The molecule has 5 heteroatoms. The first-order valence-corrected chi connectivity index (χ1v) is 17.4. The van der Waals surface area contributed by atoms with Gasteiger partial charge in [-0.3, -0.25) is 0 Å². The van der Waals surface area contributed by atoms with Gasteiger partial charge in [0.2, 0.25) is 0 Å². The molecule has 0 saturated carbocycles. The van der Waals surface area contributed by atoms with E-state index in [1.54, 1.807) is 0 Å². The van der Waals surface area contributed by atoms with Crippen LogP contribution < -0.4 is 0 Å². The van der Waals surface area contributed by atoms with Gasteiger partial charge < -0.3 is 4.42 Å². The topological polar surface area (TPSA) is 51.8 Å². The van der Waals surface area contributed by atoms with Crippen LogP contribution in [0, 0.1) is 0 Å². The van der Waals surface area contributed by atoms with E-state index in [4.69, 9.17) is 19.4 Å². The van der Waals surface area contributed by atoms with Gasteiger partial charge in [-0.25, -0.2) is 15.0 Å². The lowest BCUT2D eigenvalue weighted by atomic mass is 9.94. The summed E-state index contributed by atoms with van der Waals surface area (Å²) in [6.45, 7) is 0. The highest BCUT2D eigenvalue weighted by Crippen LogP contribution is 2.43. The zero-order valence-electron chi connectivity index (χ0n) is 26.7. The summed E-state index contributed by atoms with van der Waals surface area (Å²) in [5.41, 5.74) is 9.19. The van der Waals surface area contributed by atoms with E-state index < -0.39 is 0 Å². The highest BCUT2D eigenvalue weighted by atomic mass is 32.1. The summed E-state index contributed by atoms with van der Waals surface area (Å²) in [7, 11) is 0. The molecule has 0 unspecified atom stereocenters. The number of benzene rings is 7. The fourth-order valence-electron chi connectivity index (χ4n) is 6.90. The van der Waals surface area contributed by atoms with Gasteiger partial charge in [-0.1, -0.05) is 121 Å². The van der Waals surface area contributed by atoms with Crippen LogP contribution >= 0.6 is 11.3 Å². The quantitative estimate of drug-likeness (QED) is 0.185. The Bertz CT molecular complexity index is 2800. The summed E-state index contributed by atoms with van der Waals surface area (Å²) in [6.07, 6.45) is 0. The van der Waals surface area contributed by atoms with Crippen molar-refractivity contribution in [1.82, 2.24) is 15.0 Å². The molecule has 0 saturated heterocycles. The van der Waals surface area contributed by atoms with Crippen LogP contribution in [0.15, 0.2) is 168 Å². The molecule has 234 valence electrons. The molecule has 0 aliphatic rings. The number of hydrogen-bond donors (Lipinski definition) is 0. The minimum atomic E-state index is 0.603. The van der Waals surface area contributed by atoms with Crippen LogP contribution in [0.25, 0.3) is 98.5 Å². The number of thiophene rings is 1. The van der Waals surface area contributed by atoms with Crippen LogP contribution in [0.4, 0.5) is 0 Å². The molecule has 0 radical (unpaired) electrons. The number of aromatic nitrogens is 3. The third kappa shape index (κ3) is 4.87. The first-order valence-electron chi connectivity index (χ1n) is 16.6. The minimum Gasteiger partial charge on any atom is -0.456 e. The third-order valence-corrected chi connectivity index (χ3v) is 10.4. The lowest BCUT2D eigenvalue weighted by Gasteiger charge is -2.10. The minimum absolute atomic E-state index is 0.603. The molecule has 4 nitrogen and oxygen atoms in total. The number of nitrogens with zero attached hydrogens (tertiary/aromatic N) is 3. The van der Waals surface area contributed by atoms with Gasteiger partial charge in [-0.15, -0.1) is 11.3 Å². The Morgan fingerprint density at radius 1 is 0.360 bits per heavy atom. The standard InChI is InChI=1S/C45H27N3OS/c1-4-12-28(13-5-1)36-25-33(27-41-42(36)35-18-10-11-19-40(35)50-41)31-21-23-38-37(24-31)34-22-20-32(26-39(34)49-38)45-47-43(29-14-6-2-7-15-29)46-44(48-45)30-16-8-3-9-17-30/h1-27H. The van der Waals surface area contributed by atoms with Gasteiger partial charge in [0, 0.05) is 47.6 Å². The van der Waals surface area contributed by atoms with Crippen molar-refractivity contribution in [3.05, 3.63) is 164 Å². The Hall–Kier alpha value is -6.43. The molecule has 0 bridgehead atoms. The van der Waals surface area contributed by atoms with Crippen molar-refractivity contribution < 1.29 is 4.42 Å². The van der Waals surface area contributed by atoms with E-state index in [-0.39, 0.29) is 0 Å². The maximum atomic E-state index is 6.47. The normalized spacial score (nSPS) is 11.6. The molecule has 10 rings (SSSR count). The van der Waals surface area contributed by atoms with Crippen molar-refractivity contribution in [3.8, 4) is 56.4 Å². The average Bonchev–Trinajstić information content (AvgIpc) is 3.76. The SMILES string of the molecule is c1ccc(-c2nc(-c3ccccc3)nc(-c3ccc4c(c3)oc3ccc(-c5cc(-c6ccccc6)c6c(c5)sc5ccccc56)cc34)n2)cc1. The first-order chi connectivity index (χ1) is 24.7. The van der Waals surface area contributed by atoms with E-state index in [0.29, 0.717) is 17.5 Å². The summed E-state index contributed by atoms with van der Waals surface area (Å²) in [5, 5.41) is 4.74. The van der Waals surface area contributed by atoms with E-state index in [1.165, 1.54) is 36.9 Å². The van der Waals surface area contributed by atoms with Gasteiger partial charge in [0.25, 0.3) is 0 Å². The third-order valence-electron chi connectivity index (χ3n) is 9.33. The van der Waals surface area contributed by atoms with Crippen LogP contribution in [0.2, 0.25) is 0 Å². The Balaban J connectivity index is 1.10. The highest BCUT2D eigenvalue weighted by Gasteiger charge is 2.17. The van der Waals surface area contributed by atoms with Crippen molar-refractivity contribution in [1.29, 1.82) is 0 Å². The van der Waals surface area contributed by atoms with Crippen LogP contribution in [-0.2, 0) is 0 Å². The Kier molecular flexibility index (Phi) is 6.64. The summed E-state index contributed by atoms with van der Waals surface area (Å²) in [6, 6.07) is 56.9. The van der Waals surface area contributed by atoms with Crippen molar-refractivity contribution in [2.45, 2.75) is 0 Å². The molecule has 0 fully saturated rings. The maximum Gasteiger partial charge on any atom is 0.164 e. The largest absolute Gasteiger partial charge is 0.456 e. The second-order valence-electron chi connectivity index (χ2n) is 12.4. The van der Waals surface area contributed by atoms with E-state index >= 15 is 0 Å². The number of furan rings is 1. The summed E-state index contributed by atoms with van der Waals surface area (Å²) in [5.74, 6) is 1.87. The molecular formula is C45H27N3OS. The van der Waals surface area contributed by atoms with E-state index in [1.807, 2.05) is 78.1 Å². The maximum absolute atomic E-state index is 6.47. The van der Waals surface area contributed by atoms with E-state index in [0.717, 1.165) is 44.2 Å². The van der Waals surface area contributed by atoms with Crippen LogP contribution in [0.3, 0.4) is 0 Å². The summed E-state index contributed by atoms with van der Waals surface area (Å²) >= 11 is 1.85. The fraction of sp³-hybridized carbons (Fsp3) is 0. The molecule has 10 aromatic rings. The van der Waals surface area contributed by atoms with Gasteiger partial charge in [-0.05, 0) is 64.7 Å². The molecule has 0 amide bonds. The van der Waals surface area contributed by atoms with Crippen LogP contribution in [0.5, 0.6) is 0 Å². The summed E-state index contributed by atoms with van der Waals surface area (Å²) in [4.78, 5) is 14.7. The van der Waals surface area contributed by atoms with Crippen molar-refractivity contribution in [2.24, 2.45) is 0 Å². The second-order valence-corrected chi connectivity index (χ2v) is 13.5. The number of hydrogen-bond acceptors (Lipinski definition) is 5. The van der Waals surface area contributed by atoms with Gasteiger partial charge in [0.1, 0.15) is 11.2 Å². The molecule has 3 aromatic heterocycles. The Morgan fingerprint density at radius 3 is 1.66 bits per heavy atom. The average molecular weight is 658 g/mol. The molecular weight excluding hydrogens is 631 g/mol. The fourth-order valence-corrected chi connectivity index (χ4v) is 8.07. The van der Waals surface area contributed by atoms with Gasteiger partial charge in [0.15, 0.2) is 17.5 Å². The van der Waals surface area contributed by atoms with Crippen LogP contribution in [-0.4, -0.2) is 15.0 Å². The van der Waals surface area contributed by atoms with Gasteiger partial charge in [-0.2, -0.15) is 0 Å². The van der Waals surface area contributed by atoms with E-state index in [2.05, 4.69) is 97.1 Å². The predicted octanol–water partition coefficient (Wildman–Crippen LogP) is 12.5. The first kappa shape index (κ1) is 28.6.